The first kappa shape index (κ1) is 18.8. The first-order valence-electron chi connectivity index (χ1n) is 6.44. The zero-order valence-electron chi connectivity index (χ0n) is 12.5. The Morgan fingerprint density at radius 3 is 2.61 bits per heavy atom. The molecule has 1 rings (SSSR count). The largest absolute Gasteiger partial charge is 0.499 e. The number of carbonyl (C=O) groups excluding carboxylic acids is 1. The molecule has 0 aromatic heterocycles. The van der Waals surface area contributed by atoms with Gasteiger partial charge in [0.25, 0.3) is 10.0 Å². The fourth-order valence-corrected chi connectivity index (χ4v) is 2.87. The molecule has 0 heterocycles. The van der Waals surface area contributed by atoms with Crippen molar-refractivity contribution < 1.29 is 22.7 Å². The summed E-state index contributed by atoms with van der Waals surface area (Å²) in [4.78, 5) is 11.2. The molecule has 0 unspecified atom stereocenters. The molecule has 0 aliphatic heterocycles. The van der Waals surface area contributed by atoms with E-state index in [1.54, 1.807) is 31.2 Å². The van der Waals surface area contributed by atoms with E-state index in [0.717, 1.165) is 13.4 Å². The molecule has 0 spiro atoms. The average Bonchev–Trinajstić information content (AvgIpc) is 2.53. The van der Waals surface area contributed by atoms with E-state index < -0.39 is 21.0 Å². The maximum absolute atomic E-state index is 12.5. The molecule has 0 aliphatic rings. The van der Waals surface area contributed by atoms with Crippen molar-refractivity contribution in [1.82, 2.24) is 4.31 Å². The molecular formula is C14H15ClN2O5S. The Morgan fingerprint density at radius 1 is 1.43 bits per heavy atom. The molecule has 0 saturated heterocycles. The Morgan fingerprint density at radius 2 is 2.09 bits per heavy atom. The fourth-order valence-electron chi connectivity index (χ4n) is 1.55. The van der Waals surface area contributed by atoms with Gasteiger partial charge >= 0.3 is 6.09 Å². The van der Waals surface area contributed by atoms with Crippen LogP contribution in [0.5, 0.6) is 0 Å². The molecule has 0 N–H and O–H groups in total. The molecule has 9 heteroatoms. The second kappa shape index (κ2) is 8.41. The van der Waals surface area contributed by atoms with Gasteiger partial charge in [-0.2, -0.15) is 18.0 Å². The number of hydrogen-bond donors (Lipinski definition) is 0. The molecule has 0 fully saturated rings. The van der Waals surface area contributed by atoms with Crippen molar-refractivity contribution >= 4 is 27.7 Å². The summed E-state index contributed by atoms with van der Waals surface area (Å²) in [7, 11) is -3.40. The fraction of sp³-hybridized carbons (Fsp3) is 0.286. The van der Waals surface area contributed by atoms with Gasteiger partial charge in [-0.05, 0) is 18.6 Å². The second-order valence-electron chi connectivity index (χ2n) is 4.12. The van der Waals surface area contributed by atoms with Crippen molar-refractivity contribution in [2.24, 2.45) is 0 Å². The van der Waals surface area contributed by atoms with Gasteiger partial charge in [0.15, 0.2) is 4.91 Å². The van der Waals surface area contributed by atoms with E-state index in [-0.39, 0.29) is 18.2 Å². The molecule has 1 amide bonds. The normalized spacial score (nSPS) is 11.5. The summed E-state index contributed by atoms with van der Waals surface area (Å²) in [5.74, 6) is 0. The van der Waals surface area contributed by atoms with Crippen molar-refractivity contribution in [3.8, 4) is 6.07 Å². The van der Waals surface area contributed by atoms with E-state index in [1.165, 1.54) is 6.07 Å². The number of allylic oxidation sites excluding steroid dienone is 1. The third-order valence-electron chi connectivity index (χ3n) is 2.69. The summed E-state index contributed by atoms with van der Waals surface area (Å²) in [6, 6.07) is 7.93. The van der Waals surface area contributed by atoms with Gasteiger partial charge in [-0.1, -0.05) is 29.8 Å². The van der Waals surface area contributed by atoms with E-state index in [0.29, 0.717) is 9.87 Å². The molecule has 0 saturated carbocycles. The highest BCUT2D eigenvalue weighted by atomic mass is 35.5. The number of carbonyl (C=O) groups is 1. The highest BCUT2D eigenvalue weighted by Gasteiger charge is 2.33. The van der Waals surface area contributed by atoms with E-state index in [9.17, 15) is 13.2 Å². The van der Waals surface area contributed by atoms with Crippen LogP contribution in [0.1, 0.15) is 12.5 Å². The summed E-state index contributed by atoms with van der Waals surface area (Å²) >= 11 is 5.99. The van der Waals surface area contributed by atoms with Gasteiger partial charge in [-0.25, -0.2) is 4.79 Å². The van der Waals surface area contributed by atoms with Gasteiger partial charge in [0.1, 0.15) is 12.3 Å². The Hall–Kier alpha value is -2.24. The van der Waals surface area contributed by atoms with Crippen LogP contribution in [0.15, 0.2) is 35.4 Å². The molecule has 0 bridgehead atoms. The molecule has 7 nitrogen and oxygen atoms in total. The highest BCUT2D eigenvalue weighted by Crippen LogP contribution is 2.22. The lowest BCUT2D eigenvalue weighted by Gasteiger charge is -2.20. The average molecular weight is 359 g/mol. The number of benzene rings is 1. The molecule has 1 aromatic rings. The summed E-state index contributed by atoms with van der Waals surface area (Å²) in [6.45, 7) is 1.42. The molecule has 0 aliphatic carbocycles. The van der Waals surface area contributed by atoms with Crippen LogP contribution in [0, 0.1) is 11.3 Å². The lowest BCUT2D eigenvalue weighted by molar-refractivity contribution is 0.148. The van der Waals surface area contributed by atoms with Crippen LogP contribution in [0.2, 0.25) is 5.02 Å². The van der Waals surface area contributed by atoms with Gasteiger partial charge < -0.3 is 9.47 Å². The number of nitrogens with zero attached hydrogens (tertiary/aromatic N) is 2. The zero-order chi connectivity index (χ0) is 17.5. The van der Waals surface area contributed by atoms with Crippen molar-refractivity contribution in [1.29, 1.82) is 5.26 Å². The second-order valence-corrected chi connectivity index (χ2v) is 6.36. The lowest BCUT2D eigenvalue weighted by atomic mass is 10.2. The minimum atomic E-state index is -4.44. The highest BCUT2D eigenvalue weighted by molar-refractivity contribution is 7.93. The quantitative estimate of drug-likeness (QED) is 0.572. The van der Waals surface area contributed by atoms with Crippen molar-refractivity contribution in [2.45, 2.75) is 13.5 Å². The summed E-state index contributed by atoms with van der Waals surface area (Å²) in [5, 5.41) is 9.31. The van der Waals surface area contributed by atoms with Gasteiger partial charge in [0, 0.05) is 5.02 Å². The number of methoxy groups -OCH3 is 1. The van der Waals surface area contributed by atoms with Crippen LogP contribution in [0.3, 0.4) is 0 Å². The third-order valence-corrected chi connectivity index (χ3v) is 4.66. The number of ether oxygens (including phenoxy) is 2. The van der Waals surface area contributed by atoms with Gasteiger partial charge in [0.2, 0.25) is 0 Å². The number of nitriles is 1. The van der Waals surface area contributed by atoms with Crippen LogP contribution in [-0.4, -0.2) is 32.5 Å². The standard InChI is InChI=1S/C14H15ClN2O5S/c1-3-22-10-12(8-16)23(19,20)17(14(18)21-2)9-11-6-4-5-7-13(11)15/h4-7,10H,3,9H2,1-2H3/b12-10+. The molecular weight excluding hydrogens is 344 g/mol. The number of halogens is 1. The smallest absolute Gasteiger partial charge is 0.423 e. The van der Waals surface area contributed by atoms with Crippen LogP contribution in [-0.2, 0) is 26.0 Å². The van der Waals surface area contributed by atoms with Crippen LogP contribution >= 0.6 is 11.6 Å². The summed E-state index contributed by atoms with van der Waals surface area (Å²) in [5.41, 5.74) is 0.386. The molecule has 124 valence electrons. The predicted octanol–water partition coefficient (Wildman–Crippen LogP) is 2.64. The molecule has 23 heavy (non-hydrogen) atoms. The van der Waals surface area contributed by atoms with Crippen molar-refractivity contribution in [3.63, 3.8) is 0 Å². The van der Waals surface area contributed by atoms with Gasteiger partial charge in [0.05, 0.1) is 20.3 Å². The first-order valence-corrected chi connectivity index (χ1v) is 8.26. The van der Waals surface area contributed by atoms with E-state index in [2.05, 4.69) is 4.74 Å². The lowest BCUT2D eigenvalue weighted by Crippen LogP contribution is -2.37. The number of hydrogen-bond acceptors (Lipinski definition) is 6. The van der Waals surface area contributed by atoms with E-state index in [4.69, 9.17) is 21.6 Å². The van der Waals surface area contributed by atoms with Crippen LogP contribution in [0.4, 0.5) is 4.79 Å². The minimum absolute atomic E-state index is 0.170. The Bertz CT molecular complexity index is 740. The SMILES string of the molecule is CCO/C=C(\C#N)S(=O)(=O)N(Cc1ccccc1Cl)C(=O)OC. The maximum atomic E-state index is 12.5. The van der Waals surface area contributed by atoms with Gasteiger partial charge in [-0.15, -0.1) is 0 Å². The zero-order valence-corrected chi connectivity index (χ0v) is 14.1. The molecule has 0 atom stereocenters. The number of sulfonamides is 1. The van der Waals surface area contributed by atoms with Crippen molar-refractivity contribution in [2.75, 3.05) is 13.7 Å². The maximum Gasteiger partial charge on any atom is 0.423 e. The van der Waals surface area contributed by atoms with E-state index in [1.807, 2.05) is 0 Å². The van der Waals surface area contributed by atoms with E-state index >= 15 is 0 Å². The summed E-state index contributed by atoms with van der Waals surface area (Å²) < 4.78 is 34.7. The molecule has 0 radical (unpaired) electrons. The minimum Gasteiger partial charge on any atom is -0.499 e. The molecule has 1 aromatic carbocycles. The topological polar surface area (TPSA) is 96.7 Å². The monoisotopic (exact) mass is 358 g/mol. The Kier molecular flexibility index (Phi) is 6.88. The third kappa shape index (κ3) is 4.61. The predicted molar refractivity (Wildman–Crippen MR) is 83.6 cm³/mol. The number of amides is 1. The Labute approximate surface area is 139 Å². The van der Waals surface area contributed by atoms with Crippen LogP contribution in [0.25, 0.3) is 0 Å². The Balaban J connectivity index is 3.29. The summed E-state index contributed by atoms with van der Waals surface area (Å²) in [6.07, 6.45) is -0.347. The van der Waals surface area contributed by atoms with Crippen molar-refractivity contribution in [3.05, 3.63) is 46.0 Å². The van der Waals surface area contributed by atoms with Gasteiger partial charge in [-0.3, -0.25) is 0 Å². The van der Waals surface area contributed by atoms with Crippen LogP contribution < -0.4 is 0 Å². The first-order chi connectivity index (χ1) is 10.9. The number of rotatable bonds is 6.